The van der Waals surface area contributed by atoms with Gasteiger partial charge < -0.3 is 33.7 Å². The van der Waals surface area contributed by atoms with Crippen LogP contribution in [0.25, 0.3) is 0 Å². The number of hydrogen-bond donors (Lipinski definition) is 0. The first-order chi connectivity index (χ1) is 19.3. The van der Waals surface area contributed by atoms with Crippen LogP contribution in [0.1, 0.15) is 126 Å². The van der Waals surface area contributed by atoms with Crippen LogP contribution in [0.3, 0.4) is 0 Å². The summed E-state index contributed by atoms with van der Waals surface area (Å²) in [7, 11) is -1.32. The van der Waals surface area contributed by atoms with Crippen molar-refractivity contribution in [2.45, 2.75) is 169 Å². The molecule has 2 aromatic rings. The van der Waals surface area contributed by atoms with E-state index < -0.39 is 18.1 Å². The predicted molar refractivity (Wildman–Crippen MR) is 191 cm³/mol. The summed E-state index contributed by atoms with van der Waals surface area (Å²) in [5, 5.41) is 0. The zero-order valence-electron chi connectivity index (χ0n) is 30.4. The van der Waals surface area contributed by atoms with Gasteiger partial charge in [0.15, 0.2) is 0 Å². The van der Waals surface area contributed by atoms with Crippen LogP contribution in [0.15, 0.2) is 12.1 Å². The fraction of sp³-hybridized carbons (Fsp3) is 0.722. The summed E-state index contributed by atoms with van der Waals surface area (Å²) < 4.78 is 12.7. The number of rotatable bonds is 10. The van der Waals surface area contributed by atoms with Gasteiger partial charge in [0.2, 0.25) is 18.1 Å². The van der Waals surface area contributed by atoms with Gasteiger partial charge in [0, 0.05) is 9.52 Å². The molecule has 0 saturated heterocycles. The fourth-order valence-corrected chi connectivity index (χ4v) is 8.25. The topological polar surface area (TPSA) is 18.5 Å². The van der Waals surface area contributed by atoms with E-state index in [0.29, 0.717) is 0 Å². The van der Waals surface area contributed by atoms with Gasteiger partial charge in [-0.2, -0.15) is 34.4 Å². The molecule has 0 aliphatic heterocycles. The van der Waals surface area contributed by atoms with Crippen molar-refractivity contribution in [2.75, 3.05) is 0 Å². The summed E-state index contributed by atoms with van der Waals surface area (Å²) in [6.07, 6.45) is 15.3. The molecule has 4 rings (SSSR count). The Kier molecular flexibility index (Phi) is 23.4. The average Bonchev–Trinajstić information content (AvgIpc) is 3.44. The van der Waals surface area contributed by atoms with Gasteiger partial charge in [-0.3, -0.25) is 0 Å². The van der Waals surface area contributed by atoms with Gasteiger partial charge in [-0.25, -0.2) is 0 Å². The molecule has 0 unspecified atom stereocenters. The molecule has 2 nitrogen and oxygen atoms in total. The van der Waals surface area contributed by atoms with E-state index in [0.717, 1.165) is 9.52 Å². The molecule has 44 heavy (non-hydrogen) atoms. The maximum atomic E-state index is 6.36. The van der Waals surface area contributed by atoms with Gasteiger partial charge >= 0.3 is 26.2 Å². The van der Waals surface area contributed by atoms with Crippen molar-refractivity contribution < 1.29 is 59.9 Å². The van der Waals surface area contributed by atoms with Crippen LogP contribution in [0.4, 0.5) is 0 Å². The van der Waals surface area contributed by atoms with Crippen molar-refractivity contribution in [1.29, 1.82) is 0 Å². The molecule has 0 bridgehead atoms. The summed E-state index contributed by atoms with van der Waals surface area (Å²) in [6, 6.07) is 4.94. The van der Waals surface area contributed by atoms with Gasteiger partial charge in [-0.1, -0.05) is 119 Å². The van der Waals surface area contributed by atoms with Gasteiger partial charge in [-0.15, -0.1) is 11.1 Å². The number of halogens is 2. The number of aryl methyl sites for hydroxylation is 2. The summed E-state index contributed by atoms with van der Waals surface area (Å²) in [4.78, 5) is 0. The van der Waals surface area contributed by atoms with Crippen LogP contribution in [-0.2, 0) is 62.7 Å². The molecule has 0 heterocycles. The maximum absolute atomic E-state index is 6.36. The smallest absolute Gasteiger partial charge is 1.00 e. The van der Waals surface area contributed by atoms with E-state index in [1.54, 1.807) is 22.3 Å². The molecule has 1 radical (unpaired) electrons. The second kappa shape index (κ2) is 22.1. The Balaban J connectivity index is 0. The Morgan fingerprint density at radius 1 is 0.636 bits per heavy atom. The molecular weight excluding hydrogens is 711 g/mol. The SMILES string of the molecule is CCCC(C)(C)c1[cH-]c2c(c1O[SiH](C)C)CCCC2.CCCC(C)(C)c1[cH-]c2c(c1O[SiH](C)C)CCCC2.C[SiH]C.[Cl-].[Cl-].[Zr+4]. The minimum atomic E-state index is -1.03. The minimum Gasteiger partial charge on any atom is -1.00 e. The molecule has 0 fully saturated rings. The fourth-order valence-electron chi connectivity index (χ4n) is 6.76. The summed E-state index contributed by atoms with van der Waals surface area (Å²) >= 11 is 0. The molecule has 0 aromatic heterocycles. The molecule has 0 spiro atoms. The van der Waals surface area contributed by atoms with Gasteiger partial charge in [0.25, 0.3) is 0 Å². The Morgan fingerprint density at radius 3 is 1.20 bits per heavy atom. The van der Waals surface area contributed by atoms with E-state index in [-0.39, 0.29) is 61.8 Å². The predicted octanol–water partition coefficient (Wildman–Crippen LogP) is 3.97. The molecule has 0 saturated carbocycles. The van der Waals surface area contributed by atoms with Crippen molar-refractivity contribution in [3.05, 3.63) is 45.5 Å². The van der Waals surface area contributed by atoms with Gasteiger partial charge in [0.05, 0.1) is 0 Å². The normalized spacial score (nSPS) is 14.0. The third-order valence-corrected chi connectivity index (χ3v) is 10.0. The van der Waals surface area contributed by atoms with Crippen molar-refractivity contribution in [3.63, 3.8) is 0 Å². The monoisotopic (exact) mass is 773 g/mol. The van der Waals surface area contributed by atoms with E-state index in [1.165, 1.54) is 99.7 Å². The number of hydrogen-bond acceptors (Lipinski definition) is 2. The van der Waals surface area contributed by atoms with Crippen LogP contribution < -0.4 is 33.7 Å². The molecule has 8 heteroatoms. The Morgan fingerprint density at radius 2 is 0.932 bits per heavy atom. The second-order valence-corrected chi connectivity index (χ2v) is 20.2. The minimum absolute atomic E-state index is 0. The summed E-state index contributed by atoms with van der Waals surface area (Å²) in [6.45, 7) is 27.6. The molecule has 251 valence electrons. The van der Waals surface area contributed by atoms with E-state index in [1.807, 2.05) is 0 Å². The van der Waals surface area contributed by atoms with Crippen LogP contribution in [0, 0.1) is 0 Å². The first kappa shape index (κ1) is 46.5. The maximum Gasteiger partial charge on any atom is 4.00 e. The molecule has 2 aromatic carbocycles. The van der Waals surface area contributed by atoms with Crippen molar-refractivity contribution in [3.8, 4) is 11.5 Å². The number of fused-ring (bicyclic) bond motifs is 2. The van der Waals surface area contributed by atoms with Gasteiger partial charge in [-0.05, 0) is 61.4 Å². The Bertz CT molecular complexity index is 978. The molecule has 0 atom stereocenters. The van der Waals surface area contributed by atoms with Crippen molar-refractivity contribution in [1.82, 2.24) is 0 Å². The van der Waals surface area contributed by atoms with E-state index in [9.17, 15) is 0 Å². The third-order valence-electron chi connectivity index (χ3n) is 8.61. The van der Waals surface area contributed by atoms with Crippen LogP contribution in [0.5, 0.6) is 11.5 Å². The van der Waals surface area contributed by atoms with E-state index >= 15 is 0 Å². The van der Waals surface area contributed by atoms with E-state index in [4.69, 9.17) is 8.85 Å². The summed E-state index contributed by atoms with van der Waals surface area (Å²) in [5.74, 6) is 2.57. The average molecular weight is 776 g/mol. The van der Waals surface area contributed by atoms with Crippen LogP contribution in [0.2, 0.25) is 39.3 Å². The van der Waals surface area contributed by atoms with E-state index in [2.05, 4.69) is 93.0 Å². The van der Waals surface area contributed by atoms with Crippen molar-refractivity contribution in [2.24, 2.45) is 0 Å². The molecule has 2 aliphatic carbocycles. The van der Waals surface area contributed by atoms with Crippen molar-refractivity contribution >= 4 is 27.6 Å². The summed E-state index contributed by atoms with van der Waals surface area (Å²) in [5.41, 5.74) is 9.74. The second-order valence-electron chi connectivity index (χ2n) is 14.4. The Hall–Kier alpha value is 0.414. The molecule has 2 aliphatic rings. The molecule has 0 N–H and O–H groups in total. The first-order valence-electron chi connectivity index (χ1n) is 17.0. The molecule has 0 amide bonds. The zero-order valence-corrected chi connectivity index (χ0v) is 37.9. The quantitative estimate of drug-likeness (QED) is 0.269. The molecular formula is C36H65Cl2O2Si3Zr. The third kappa shape index (κ3) is 13.1. The first-order valence-corrected chi connectivity index (χ1v) is 24.9. The largest absolute Gasteiger partial charge is 4.00 e. The Labute approximate surface area is 311 Å². The van der Waals surface area contributed by atoms with Gasteiger partial charge in [0.1, 0.15) is 0 Å². The van der Waals surface area contributed by atoms with Crippen LogP contribution >= 0.6 is 0 Å². The van der Waals surface area contributed by atoms with Crippen LogP contribution in [-0.4, -0.2) is 27.6 Å². The zero-order chi connectivity index (χ0) is 30.8. The standard InChI is InChI=1S/2C17H29OSi.C2H7Si.2ClH.Zr/c2*1-6-11-17(2,3)15-12-13-9-7-8-10-14(13)16(15)18-19(4)5;1-3-2;;;/h2*12,19H,6-11H2,1-5H3;3H,1-2H3;2*1H;/q2*-1;;;;+4/p-2.